The lowest BCUT2D eigenvalue weighted by atomic mass is 10.2. The van der Waals surface area contributed by atoms with Crippen molar-refractivity contribution in [1.82, 2.24) is 24.0 Å². The van der Waals surface area contributed by atoms with Crippen LogP contribution in [0, 0.1) is 0 Å². The molecule has 1 fully saturated rings. The Morgan fingerprint density at radius 3 is 2.37 bits per heavy atom. The van der Waals surface area contributed by atoms with E-state index < -0.39 is 10.0 Å². The van der Waals surface area contributed by atoms with Crippen LogP contribution >= 0.6 is 11.8 Å². The maximum atomic E-state index is 12.8. The van der Waals surface area contributed by atoms with E-state index in [1.807, 2.05) is 25.5 Å². The standard InChI is InChI=1S/C19H27N5O4S2/c1-4-23(5-2)17(25)14-29-19-21-20-18(22(19)3)15-6-8-16(9-7-15)30(26,27)24-10-12-28-13-11-24/h6-9H,4-5,10-14H2,1-3H3. The highest BCUT2D eigenvalue weighted by Crippen LogP contribution is 2.25. The zero-order valence-corrected chi connectivity index (χ0v) is 19.1. The number of sulfonamides is 1. The van der Waals surface area contributed by atoms with Crippen LogP contribution < -0.4 is 0 Å². The molecule has 2 aromatic rings. The Morgan fingerprint density at radius 2 is 1.77 bits per heavy atom. The Morgan fingerprint density at radius 1 is 1.13 bits per heavy atom. The maximum absolute atomic E-state index is 12.8. The van der Waals surface area contributed by atoms with Crippen LogP contribution in [-0.4, -0.2) is 83.4 Å². The molecule has 0 atom stereocenters. The highest BCUT2D eigenvalue weighted by atomic mass is 32.2. The number of carbonyl (C=O) groups excluding carboxylic acids is 1. The minimum Gasteiger partial charge on any atom is -0.379 e. The molecule has 3 rings (SSSR count). The van der Waals surface area contributed by atoms with Crippen molar-refractivity contribution in [2.45, 2.75) is 23.9 Å². The van der Waals surface area contributed by atoms with Gasteiger partial charge in [-0.05, 0) is 38.1 Å². The van der Waals surface area contributed by atoms with Gasteiger partial charge in [-0.25, -0.2) is 8.42 Å². The summed E-state index contributed by atoms with van der Waals surface area (Å²) < 4.78 is 34.0. The van der Waals surface area contributed by atoms with E-state index in [0.29, 0.717) is 56.1 Å². The first kappa shape index (κ1) is 22.7. The number of nitrogens with zero attached hydrogens (tertiary/aromatic N) is 5. The van der Waals surface area contributed by atoms with Gasteiger partial charge in [0, 0.05) is 38.8 Å². The fraction of sp³-hybridized carbons (Fsp3) is 0.526. The Kier molecular flexibility index (Phi) is 7.50. The van der Waals surface area contributed by atoms with Gasteiger partial charge in [0.15, 0.2) is 11.0 Å². The third-order valence-electron chi connectivity index (χ3n) is 5.00. The second kappa shape index (κ2) is 9.90. The molecule has 164 valence electrons. The summed E-state index contributed by atoms with van der Waals surface area (Å²) >= 11 is 1.34. The van der Waals surface area contributed by atoms with Gasteiger partial charge < -0.3 is 14.2 Å². The van der Waals surface area contributed by atoms with Crippen molar-refractivity contribution in [3.63, 3.8) is 0 Å². The van der Waals surface area contributed by atoms with Crippen LogP contribution in [0.5, 0.6) is 0 Å². The molecule has 2 heterocycles. The van der Waals surface area contributed by atoms with Crippen LogP contribution in [0.4, 0.5) is 0 Å². The van der Waals surface area contributed by atoms with E-state index in [0.717, 1.165) is 5.56 Å². The predicted octanol–water partition coefficient (Wildman–Crippen LogP) is 1.46. The number of rotatable bonds is 8. The molecule has 0 spiro atoms. The van der Waals surface area contributed by atoms with Crippen LogP contribution in [0.15, 0.2) is 34.3 Å². The molecule has 0 saturated carbocycles. The lowest BCUT2D eigenvalue weighted by Gasteiger charge is -2.26. The van der Waals surface area contributed by atoms with Gasteiger partial charge in [-0.3, -0.25) is 4.79 Å². The van der Waals surface area contributed by atoms with Gasteiger partial charge in [-0.15, -0.1) is 10.2 Å². The summed E-state index contributed by atoms with van der Waals surface area (Å²) in [4.78, 5) is 14.2. The van der Waals surface area contributed by atoms with E-state index in [2.05, 4.69) is 10.2 Å². The third-order valence-corrected chi connectivity index (χ3v) is 7.91. The number of aromatic nitrogens is 3. The van der Waals surface area contributed by atoms with Crippen LogP contribution in [-0.2, 0) is 26.6 Å². The van der Waals surface area contributed by atoms with E-state index in [1.165, 1.54) is 16.1 Å². The topological polar surface area (TPSA) is 97.6 Å². The molecule has 30 heavy (non-hydrogen) atoms. The number of amides is 1. The van der Waals surface area contributed by atoms with Gasteiger partial charge in [0.2, 0.25) is 15.9 Å². The van der Waals surface area contributed by atoms with E-state index in [-0.39, 0.29) is 10.8 Å². The lowest BCUT2D eigenvalue weighted by molar-refractivity contribution is -0.127. The molecule has 0 unspecified atom stereocenters. The minimum absolute atomic E-state index is 0.0622. The SMILES string of the molecule is CCN(CC)C(=O)CSc1nnc(-c2ccc(S(=O)(=O)N3CCOCC3)cc2)n1C. The minimum atomic E-state index is -3.53. The summed E-state index contributed by atoms with van der Waals surface area (Å²) in [6, 6.07) is 6.64. The molecule has 9 nitrogen and oxygen atoms in total. The number of carbonyl (C=O) groups is 1. The average Bonchev–Trinajstić information content (AvgIpc) is 3.14. The quantitative estimate of drug-likeness (QED) is 0.558. The largest absolute Gasteiger partial charge is 0.379 e. The van der Waals surface area contributed by atoms with Gasteiger partial charge in [0.25, 0.3) is 0 Å². The summed E-state index contributed by atoms with van der Waals surface area (Å²) in [6.07, 6.45) is 0. The van der Waals surface area contributed by atoms with E-state index in [1.54, 1.807) is 29.2 Å². The molecule has 0 aliphatic carbocycles. The van der Waals surface area contributed by atoms with Crippen LogP contribution in [0.1, 0.15) is 13.8 Å². The number of hydrogen-bond donors (Lipinski definition) is 0. The van der Waals surface area contributed by atoms with Crippen molar-refractivity contribution < 1.29 is 17.9 Å². The predicted molar refractivity (Wildman–Crippen MR) is 115 cm³/mol. The first-order valence-electron chi connectivity index (χ1n) is 9.86. The van der Waals surface area contributed by atoms with Crippen molar-refractivity contribution >= 4 is 27.7 Å². The van der Waals surface area contributed by atoms with E-state index in [9.17, 15) is 13.2 Å². The third kappa shape index (κ3) is 4.85. The van der Waals surface area contributed by atoms with Crippen molar-refractivity contribution in [2.24, 2.45) is 7.05 Å². The van der Waals surface area contributed by atoms with Crippen molar-refractivity contribution in [3.8, 4) is 11.4 Å². The molecule has 11 heteroatoms. The van der Waals surface area contributed by atoms with E-state index in [4.69, 9.17) is 4.74 Å². The molecule has 1 amide bonds. The number of morpholine rings is 1. The van der Waals surface area contributed by atoms with Crippen LogP contribution in [0.2, 0.25) is 0 Å². The fourth-order valence-electron chi connectivity index (χ4n) is 3.20. The average molecular weight is 454 g/mol. The van der Waals surface area contributed by atoms with Gasteiger partial charge >= 0.3 is 0 Å². The lowest BCUT2D eigenvalue weighted by Crippen LogP contribution is -2.40. The molecule has 1 saturated heterocycles. The molecular formula is C19H27N5O4S2. The molecule has 0 bridgehead atoms. The Balaban J connectivity index is 1.72. The summed E-state index contributed by atoms with van der Waals surface area (Å²) in [5, 5.41) is 9.04. The van der Waals surface area contributed by atoms with Gasteiger partial charge in [-0.1, -0.05) is 11.8 Å². The normalized spacial score (nSPS) is 15.3. The summed E-state index contributed by atoms with van der Waals surface area (Å²) in [7, 11) is -1.70. The Labute approximate surface area is 181 Å². The zero-order valence-electron chi connectivity index (χ0n) is 17.4. The first-order valence-corrected chi connectivity index (χ1v) is 12.3. The number of thioether (sulfide) groups is 1. The van der Waals surface area contributed by atoms with E-state index >= 15 is 0 Å². The molecule has 0 N–H and O–H groups in total. The van der Waals surface area contributed by atoms with Crippen LogP contribution in [0.3, 0.4) is 0 Å². The maximum Gasteiger partial charge on any atom is 0.243 e. The first-order chi connectivity index (χ1) is 14.4. The van der Waals surface area contributed by atoms with Crippen molar-refractivity contribution in [3.05, 3.63) is 24.3 Å². The number of ether oxygens (including phenoxy) is 1. The molecular weight excluding hydrogens is 426 g/mol. The number of hydrogen-bond acceptors (Lipinski definition) is 7. The summed E-state index contributed by atoms with van der Waals surface area (Å²) in [5.74, 6) is 0.972. The molecule has 1 aromatic heterocycles. The summed E-state index contributed by atoms with van der Waals surface area (Å²) in [5.41, 5.74) is 0.757. The smallest absolute Gasteiger partial charge is 0.243 e. The Hall–Kier alpha value is -1.95. The van der Waals surface area contributed by atoms with Gasteiger partial charge in [-0.2, -0.15) is 4.31 Å². The number of benzene rings is 1. The van der Waals surface area contributed by atoms with Crippen LogP contribution in [0.25, 0.3) is 11.4 Å². The van der Waals surface area contributed by atoms with Crippen molar-refractivity contribution in [1.29, 1.82) is 0 Å². The Bertz CT molecular complexity index is 965. The highest BCUT2D eigenvalue weighted by molar-refractivity contribution is 7.99. The zero-order chi connectivity index (χ0) is 21.7. The van der Waals surface area contributed by atoms with Crippen molar-refractivity contribution in [2.75, 3.05) is 45.1 Å². The van der Waals surface area contributed by atoms with Gasteiger partial charge in [0.1, 0.15) is 0 Å². The molecule has 0 radical (unpaired) electrons. The molecule has 1 aromatic carbocycles. The second-order valence-corrected chi connectivity index (χ2v) is 9.64. The molecule has 1 aliphatic heterocycles. The van der Waals surface area contributed by atoms with Gasteiger partial charge in [0.05, 0.1) is 23.9 Å². The highest BCUT2D eigenvalue weighted by Gasteiger charge is 2.26. The summed E-state index contributed by atoms with van der Waals surface area (Å²) in [6.45, 7) is 6.81. The fourth-order valence-corrected chi connectivity index (χ4v) is 5.42. The molecule has 1 aliphatic rings. The second-order valence-electron chi connectivity index (χ2n) is 6.76. The monoisotopic (exact) mass is 453 g/mol.